The van der Waals surface area contributed by atoms with Gasteiger partial charge in [-0.15, -0.1) is 0 Å². The van der Waals surface area contributed by atoms with Gasteiger partial charge in [-0.25, -0.2) is 4.39 Å². The molecule has 1 atom stereocenters. The van der Waals surface area contributed by atoms with Gasteiger partial charge in [-0.05, 0) is 37.6 Å². The molecule has 0 unspecified atom stereocenters. The fraction of sp³-hybridized carbons (Fsp3) is 0.500. The Morgan fingerprint density at radius 1 is 1.27 bits per heavy atom. The predicted molar refractivity (Wildman–Crippen MR) is 60.6 cm³/mol. The van der Waals surface area contributed by atoms with Crippen LogP contribution in [0.2, 0.25) is 0 Å². The molecule has 0 aliphatic rings. The van der Waals surface area contributed by atoms with Crippen LogP contribution < -0.4 is 4.90 Å². The van der Waals surface area contributed by atoms with Crippen molar-refractivity contribution in [2.24, 2.45) is 0 Å². The van der Waals surface area contributed by atoms with Gasteiger partial charge in [0.1, 0.15) is 5.82 Å². The summed E-state index contributed by atoms with van der Waals surface area (Å²) in [5.74, 6) is -0.231. The normalized spacial score (nSPS) is 12.5. The summed E-state index contributed by atoms with van der Waals surface area (Å²) >= 11 is 0. The molecule has 0 radical (unpaired) electrons. The highest BCUT2D eigenvalue weighted by Crippen LogP contribution is 2.15. The van der Waals surface area contributed by atoms with Gasteiger partial charge < -0.3 is 10.0 Å². The van der Waals surface area contributed by atoms with E-state index in [2.05, 4.69) is 0 Å². The van der Waals surface area contributed by atoms with E-state index in [1.54, 1.807) is 12.1 Å². The van der Waals surface area contributed by atoms with Gasteiger partial charge >= 0.3 is 0 Å². The van der Waals surface area contributed by atoms with Crippen LogP contribution in [0.3, 0.4) is 0 Å². The van der Waals surface area contributed by atoms with Gasteiger partial charge in [0.15, 0.2) is 0 Å². The first-order valence-corrected chi connectivity index (χ1v) is 5.36. The van der Waals surface area contributed by atoms with E-state index in [1.165, 1.54) is 12.1 Å². The van der Waals surface area contributed by atoms with Crippen LogP contribution in [0.5, 0.6) is 0 Å². The number of nitrogens with zero attached hydrogens (tertiary/aromatic N) is 1. The van der Waals surface area contributed by atoms with Crippen molar-refractivity contribution in [2.75, 3.05) is 18.0 Å². The predicted octanol–water partition coefficient (Wildman–Crippen LogP) is 2.42. The Morgan fingerprint density at radius 3 is 2.33 bits per heavy atom. The second-order valence-electron chi connectivity index (χ2n) is 3.58. The van der Waals surface area contributed by atoms with Crippen molar-refractivity contribution in [1.29, 1.82) is 0 Å². The molecule has 0 bridgehead atoms. The van der Waals surface area contributed by atoms with E-state index in [9.17, 15) is 9.50 Å². The molecule has 0 aliphatic heterocycles. The monoisotopic (exact) mass is 211 g/mol. The highest BCUT2D eigenvalue weighted by molar-refractivity contribution is 5.46. The molecule has 0 aromatic heterocycles. The van der Waals surface area contributed by atoms with Crippen LogP contribution in [0, 0.1) is 5.82 Å². The maximum Gasteiger partial charge on any atom is 0.123 e. The van der Waals surface area contributed by atoms with Crippen LogP contribution in [0.4, 0.5) is 10.1 Å². The molecule has 1 N–H and O–H groups in total. The third-order valence-electron chi connectivity index (χ3n) is 2.48. The Kier molecular flexibility index (Phi) is 4.56. The molecule has 0 saturated heterocycles. The first-order chi connectivity index (χ1) is 7.17. The van der Waals surface area contributed by atoms with Gasteiger partial charge in [0, 0.05) is 18.8 Å². The maximum absolute atomic E-state index is 12.7. The Balaban J connectivity index is 2.69. The molecular formula is C12H18FNO. The van der Waals surface area contributed by atoms with Crippen LogP contribution in [-0.2, 0) is 0 Å². The molecule has 1 aromatic carbocycles. The lowest BCUT2D eigenvalue weighted by molar-refractivity contribution is 0.176. The first kappa shape index (κ1) is 12.0. The highest BCUT2D eigenvalue weighted by Gasteiger charge is 2.09. The fourth-order valence-corrected chi connectivity index (χ4v) is 1.45. The van der Waals surface area contributed by atoms with E-state index < -0.39 is 0 Å². The zero-order valence-corrected chi connectivity index (χ0v) is 9.28. The second-order valence-corrected chi connectivity index (χ2v) is 3.58. The third-order valence-corrected chi connectivity index (χ3v) is 2.48. The van der Waals surface area contributed by atoms with E-state index in [-0.39, 0.29) is 11.9 Å². The molecule has 0 fully saturated rings. The summed E-state index contributed by atoms with van der Waals surface area (Å²) in [4.78, 5) is 2.04. The van der Waals surface area contributed by atoms with Crippen molar-refractivity contribution in [1.82, 2.24) is 0 Å². The summed E-state index contributed by atoms with van der Waals surface area (Å²) < 4.78 is 12.7. The summed E-state index contributed by atoms with van der Waals surface area (Å²) in [5.41, 5.74) is 0.950. The van der Waals surface area contributed by atoms with E-state index >= 15 is 0 Å². The number of hydrogen-bond donors (Lipinski definition) is 1. The van der Waals surface area contributed by atoms with Gasteiger partial charge in [0.2, 0.25) is 0 Å². The maximum atomic E-state index is 12.7. The average molecular weight is 211 g/mol. The number of aliphatic hydroxyl groups excluding tert-OH is 1. The molecule has 0 spiro atoms. The lowest BCUT2D eigenvalue weighted by Crippen LogP contribution is -2.31. The highest BCUT2D eigenvalue weighted by atomic mass is 19.1. The summed E-state index contributed by atoms with van der Waals surface area (Å²) in [6.45, 7) is 5.37. The quantitative estimate of drug-likeness (QED) is 0.808. The summed E-state index contributed by atoms with van der Waals surface area (Å²) in [6, 6.07) is 6.36. The van der Waals surface area contributed by atoms with E-state index in [4.69, 9.17) is 0 Å². The van der Waals surface area contributed by atoms with Gasteiger partial charge in [0.05, 0.1) is 6.10 Å². The van der Waals surface area contributed by atoms with Gasteiger partial charge in [0.25, 0.3) is 0 Å². The largest absolute Gasteiger partial charge is 0.391 e. The molecule has 2 nitrogen and oxygen atoms in total. The van der Waals surface area contributed by atoms with Crippen molar-refractivity contribution >= 4 is 5.69 Å². The molecule has 0 aliphatic carbocycles. The second kappa shape index (κ2) is 5.71. The van der Waals surface area contributed by atoms with Crippen LogP contribution in [0.1, 0.15) is 20.3 Å². The van der Waals surface area contributed by atoms with Crippen molar-refractivity contribution in [3.05, 3.63) is 30.1 Å². The third kappa shape index (κ3) is 3.51. The minimum Gasteiger partial charge on any atom is -0.391 e. The molecule has 1 aromatic rings. The van der Waals surface area contributed by atoms with Gasteiger partial charge in [-0.2, -0.15) is 0 Å². The average Bonchev–Trinajstić information content (AvgIpc) is 2.27. The standard InChI is InChI=1S/C12H18FNO/c1-3-12(15)9-14(4-2)11-7-5-10(13)6-8-11/h5-8,12,15H,3-4,9H2,1-2H3/t12-/m1/s1. The van der Waals surface area contributed by atoms with E-state index in [1.807, 2.05) is 18.7 Å². The number of aliphatic hydroxyl groups is 1. The van der Waals surface area contributed by atoms with Crippen LogP contribution >= 0.6 is 0 Å². The van der Waals surface area contributed by atoms with E-state index in [0.717, 1.165) is 18.7 Å². The summed E-state index contributed by atoms with van der Waals surface area (Å²) in [7, 11) is 0. The number of halogens is 1. The Bertz CT molecular complexity index is 286. The van der Waals surface area contributed by atoms with E-state index in [0.29, 0.717) is 6.54 Å². The number of likely N-dealkylation sites (N-methyl/N-ethyl adjacent to an activating group) is 1. The number of benzene rings is 1. The smallest absolute Gasteiger partial charge is 0.123 e. The van der Waals surface area contributed by atoms with Crippen molar-refractivity contribution in [3.8, 4) is 0 Å². The summed E-state index contributed by atoms with van der Waals surface area (Å²) in [5, 5.41) is 9.56. The lowest BCUT2D eigenvalue weighted by Gasteiger charge is -2.25. The van der Waals surface area contributed by atoms with Crippen molar-refractivity contribution in [2.45, 2.75) is 26.4 Å². The molecule has 15 heavy (non-hydrogen) atoms. The minimum absolute atomic E-state index is 0.231. The van der Waals surface area contributed by atoms with Crippen LogP contribution in [0.15, 0.2) is 24.3 Å². The molecule has 84 valence electrons. The Morgan fingerprint density at radius 2 is 1.87 bits per heavy atom. The Hall–Kier alpha value is -1.09. The zero-order valence-electron chi connectivity index (χ0n) is 9.28. The SMILES string of the molecule is CC[C@@H](O)CN(CC)c1ccc(F)cc1. The van der Waals surface area contributed by atoms with Gasteiger partial charge in [-0.1, -0.05) is 6.92 Å². The molecule has 1 rings (SSSR count). The van der Waals surface area contributed by atoms with Crippen molar-refractivity contribution in [3.63, 3.8) is 0 Å². The van der Waals surface area contributed by atoms with Crippen LogP contribution in [0.25, 0.3) is 0 Å². The number of anilines is 1. The first-order valence-electron chi connectivity index (χ1n) is 5.36. The topological polar surface area (TPSA) is 23.5 Å². The molecule has 0 amide bonds. The molecule has 0 heterocycles. The van der Waals surface area contributed by atoms with Crippen molar-refractivity contribution < 1.29 is 9.50 Å². The fourth-order valence-electron chi connectivity index (χ4n) is 1.45. The molecule has 3 heteroatoms. The number of rotatable bonds is 5. The lowest BCUT2D eigenvalue weighted by atomic mass is 10.2. The number of hydrogen-bond acceptors (Lipinski definition) is 2. The Labute approximate surface area is 90.3 Å². The summed E-state index contributed by atoms with van der Waals surface area (Å²) in [6.07, 6.45) is 0.410. The van der Waals surface area contributed by atoms with Crippen LogP contribution in [-0.4, -0.2) is 24.3 Å². The minimum atomic E-state index is -0.324. The van der Waals surface area contributed by atoms with Gasteiger partial charge in [-0.3, -0.25) is 0 Å². The zero-order chi connectivity index (χ0) is 11.3. The molecular weight excluding hydrogens is 193 g/mol. The molecule has 0 saturated carbocycles.